The number of hydrogen-bond acceptors (Lipinski definition) is 5. The van der Waals surface area contributed by atoms with Crippen LogP contribution >= 0.6 is 0 Å². The largest absolute Gasteiger partial charge is 0.349 e. The molecule has 2 aromatic rings. The summed E-state index contributed by atoms with van der Waals surface area (Å²) in [5.74, 6) is -0.237. The van der Waals surface area contributed by atoms with Crippen LogP contribution in [0.2, 0.25) is 0 Å². The second-order valence-corrected chi connectivity index (χ2v) is 12.7. The van der Waals surface area contributed by atoms with Gasteiger partial charge in [0.1, 0.15) is 0 Å². The van der Waals surface area contributed by atoms with Crippen molar-refractivity contribution in [2.24, 2.45) is 5.92 Å². The van der Waals surface area contributed by atoms with Crippen molar-refractivity contribution in [2.75, 3.05) is 11.5 Å². The average molecular weight is 467 g/mol. The Labute approximate surface area is 195 Å². The van der Waals surface area contributed by atoms with E-state index in [4.69, 9.17) is 5.10 Å². The summed E-state index contributed by atoms with van der Waals surface area (Å²) in [6, 6.07) is 10.8. The highest BCUT2D eigenvalue weighted by Crippen LogP contribution is 2.48. The highest BCUT2D eigenvalue weighted by molar-refractivity contribution is 7.93. The minimum absolute atomic E-state index is 0.0122. The molecule has 0 bridgehead atoms. The first-order valence-corrected chi connectivity index (χ1v) is 13.5. The molecule has 1 saturated heterocycles. The molecule has 33 heavy (non-hydrogen) atoms. The van der Waals surface area contributed by atoms with E-state index < -0.39 is 15.4 Å². The van der Waals surface area contributed by atoms with Crippen LogP contribution in [0.1, 0.15) is 62.9 Å². The fourth-order valence-electron chi connectivity index (χ4n) is 5.47. The Balaban J connectivity index is 1.43. The van der Waals surface area contributed by atoms with Crippen LogP contribution in [-0.2, 0) is 32.9 Å². The Kier molecular flexibility index (Phi) is 4.98. The zero-order valence-electron chi connectivity index (χ0n) is 19.4. The number of benzene rings is 1. The van der Waals surface area contributed by atoms with Crippen LogP contribution in [0.4, 0.5) is 0 Å². The molecule has 1 saturated carbocycles. The quantitative estimate of drug-likeness (QED) is 0.729. The first kappa shape index (κ1) is 22.1. The van der Waals surface area contributed by atoms with Crippen molar-refractivity contribution >= 4 is 15.7 Å². The van der Waals surface area contributed by atoms with Gasteiger partial charge in [-0.2, -0.15) is 10.4 Å². The SMILES string of the molecule is CC(C)n1nc(-c2cccc(C3(C#N)CC3)c2)c2c1CC(C(=O)NC1(C)CS(=O)(=O)C1)CC2. The summed E-state index contributed by atoms with van der Waals surface area (Å²) in [5, 5.41) is 17.6. The van der Waals surface area contributed by atoms with Gasteiger partial charge in [0.2, 0.25) is 5.91 Å². The third-order valence-corrected chi connectivity index (χ3v) is 9.47. The van der Waals surface area contributed by atoms with Crippen LogP contribution in [0, 0.1) is 17.2 Å². The van der Waals surface area contributed by atoms with Crippen LogP contribution in [0.3, 0.4) is 0 Å². The topological polar surface area (TPSA) is 105 Å². The fraction of sp³-hybridized carbons (Fsp3) is 0.560. The minimum Gasteiger partial charge on any atom is -0.349 e. The Bertz CT molecular complexity index is 1270. The molecule has 1 unspecified atom stereocenters. The number of sulfone groups is 1. The molecule has 174 valence electrons. The molecule has 1 atom stereocenters. The lowest BCUT2D eigenvalue weighted by molar-refractivity contribution is -0.126. The van der Waals surface area contributed by atoms with E-state index in [1.54, 1.807) is 6.92 Å². The van der Waals surface area contributed by atoms with E-state index >= 15 is 0 Å². The fourth-order valence-corrected chi connectivity index (χ4v) is 7.48. The maximum absolute atomic E-state index is 13.0. The summed E-state index contributed by atoms with van der Waals surface area (Å²) in [6.07, 6.45) is 3.86. The highest BCUT2D eigenvalue weighted by Gasteiger charge is 2.47. The Hall–Kier alpha value is -2.66. The van der Waals surface area contributed by atoms with E-state index in [-0.39, 0.29) is 34.8 Å². The zero-order valence-corrected chi connectivity index (χ0v) is 20.2. The number of amides is 1. The third-order valence-electron chi connectivity index (χ3n) is 7.32. The molecule has 1 N–H and O–H groups in total. The Morgan fingerprint density at radius 3 is 2.64 bits per heavy atom. The van der Waals surface area contributed by atoms with Gasteiger partial charge in [-0.25, -0.2) is 8.42 Å². The molecule has 1 aromatic carbocycles. The van der Waals surface area contributed by atoms with E-state index in [2.05, 4.69) is 37.4 Å². The summed E-state index contributed by atoms with van der Waals surface area (Å²) < 4.78 is 25.2. The summed E-state index contributed by atoms with van der Waals surface area (Å²) in [4.78, 5) is 13.0. The van der Waals surface area contributed by atoms with Crippen molar-refractivity contribution < 1.29 is 13.2 Å². The molecule has 3 aliphatic rings. The molecule has 8 heteroatoms. The summed E-state index contributed by atoms with van der Waals surface area (Å²) in [7, 11) is -3.02. The van der Waals surface area contributed by atoms with Crippen LogP contribution in [0.25, 0.3) is 11.3 Å². The van der Waals surface area contributed by atoms with Crippen molar-refractivity contribution in [1.82, 2.24) is 15.1 Å². The van der Waals surface area contributed by atoms with Gasteiger partial charge in [0.05, 0.1) is 34.2 Å². The molecule has 2 fully saturated rings. The van der Waals surface area contributed by atoms with Crippen molar-refractivity contribution in [3.05, 3.63) is 41.1 Å². The molecule has 1 amide bonds. The molecule has 5 rings (SSSR count). The summed E-state index contributed by atoms with van der Waals surface area (Å²) >= 11 is 0. The van der Waals surface area contributed by atoms with Crippen LogP contribution in [0.5, 0.6) is 0 Å². The van der Waals surface area contributed by atoms with Gasteiger partial charge in [-0.3, -0.25) is 9.48 Å². The predicted octanol–water partition coefficient (Wildman–Crippen LogP) is 3.09. The molecule has 7 nitrogen and oxygen atoms in total. The maximum atomic E-state index is 13.0. The van der Waals surface area contributed by atoms with Crippen molar-refractivity contribution in [1.29, 1.82) is 5.26 Å². The van der Waals surface area contributed by atoms with E-state index in [0.29, 0.717) is 12.8 Å². The average Bonchev–Trinajstić information content (AvgIpc) is 3.45. The first-order valence-electron chi connectivity index (χ1n) is 11.7. The number of fused-ring (bicyclic) bond motifs is 1. The number of carbonyl (C=O) groups is 1. The Morgan fingerprint density at radius 1 is 1.30 bits per heavy atom. The van der Waals surface area contributed by atoms with Gasteiger partial charge in [-0.15, -0.1) is 0 Å². The lowest BCUT2D eigenvalue weighted by atomic mass is 9.84. The molecule has 0 radical (unpaired) electrons. The van der Waals surface area contributed by atoms with Crippen molar-refractivity contribution in [3.63, 3.8) is 0 Å². The lowest BCUT2D eigenvalue weighted by Crippen LogP contribution is -2.64. The summed E-state index contributed by atoms with van der Waals surface area (Å²) in [5.41, 5.74) is 4.32. The highest BCUT2D eigenvalue weighted by atomic mass is 32.2. The van der Waals surface area contributed by atoms with E-state index in [9.17, 15) is 18.5 Å². The van der Waals surface area contributed by atoms with Gasteiger partial charge in [0, 0.05) is 35.2 Å². The predicted molar refractivity (Wildman–Crippen MR) is 125 cm³/mol. The summed E-state index contributed by atoms with van der Waals surface area (Å²) in [6.45, 7) is 5.98. The molecule has 1 aliphatic heterocycles. The van der Waals surface area contributed by atoms with Crippen LogP contribution < -0.4 is 5.32 Å². The standard InChI is InChI=1S/C25H30N4O3S/c1-16(2)29-21-12-18(23(30)27-24(3)14-33(31,32)15-24)7-8-20(21)22(28-29)17-5-4-6-19(11-17)25(13-26)9-10-25/h4-6,11,16,18H,7-10,12,14-15H2,1-3H3,(H,27,30). The molecule has 2 aliphatic carbocycles. The maximum Gasteiger partial charge on any atom is 0.223 e. The number of nitriles is 1. The monoisotopic (exact) mass is 466 g/mol. The van der Waals surface area contributed by atoms with E-state index in [1.165, 1.54) is 5.56 Å². The van der Waals surface area contributed by atoms with Crippen molar-refractivity contribution in [3.8, 4) is 17.3 Å². The number of nitrogens with zero attached hydrogens (tertiary/aromatic N) is 3. The molecule has 2 heterocycles. The number of rotatable bonds is 5. The van der Waals surface area contributed by atoms with Gasteiger partial charge >= 0.3 is 0 Å². The second-order valence-electron chi connectivity index (χ2n) is 10.6. The van der Waals surface area contributed by atoms with Crippen molar-refractivity contribution in [2.45, 2.75) is 69.9 Å². The smallest absolute Gasteiger partial charge is 0.223 e. The lowest BCUT2D eigenvalue weighted by Gasteiger charge is -2.39. The van der Waals surface area contributed by atoms with Gasteiger partial charge in [-0.1, -0.05) is 18.2 Å². The second kappa shape index (κ2) is 7.42. The van der Waals surface area contributed by atoms with Gasteiger partial charge in [0.15, 0.2) is 9.84 Å². The third kappa shape index (κ3) is 3.86. The van der Waals surface area contributed by atoms with Gasteiger partial charge < -0.3 is 5.32 Å². The number of hydrogen-bond donors (Lipinski definition) is 1. The normalized spacial score (nSPS) is 23.8. The van der Waals surface area contributed by atoms with Crippen LogP contribution in [0.15, 0.2) is 24.3 Å². The molecular formula is C25H30N4O3S. The van der Waals surface area contributed by atoms with Gasteiger partial charge in [-0.05, 0) is 58.1 Å². The van der Waals surface area contributed by atoms with E-state index in [0.717, 1.165) is 41.8 Å². The minimum atomic E-state index is -3.02. The first-order chi connectivity index (χ1) is 15.5. The van der Waals surface area contributed by atoms with E-state index in [1.807, 2.05) is 16.8 Å². The zero-order chi connectivity index (χ0) is 23.6. The molecule has 0 spiro atoms. The van der Waals surface area contributed by atoms with Gasteiger partial charge in [0.25, 0.3) is 0 Å². The molecular weight excluding hydrogens is 436 g/mol. The van der Waals surface area contributed by atoms with Crippen LogP contribution in [-0.4, -0.2) is 41.2 Å². The number of nitrogens with one attached hydrogen (secondary N) is 1. The number of carbonyl (C=O) groups excluding carboxylic acids is 1. The molecule has 1 aromatic heterocycles. The Morgan fingerprint density at radius 2 is 2.03 bits per heavy atom. The number of aromatic nitrogens is 2.